The molecule has 0 aliphatic heterocycles. The van der Waals surface area contributed by atoms with Crippen molar-refractivity contribution in [3.63, 3.8) is 0 Å². The number of halogens is 1. The summed E-state index contributed by atoms with van der Waals surface area (Å²) < 4.78 is 1.72. The van der Waals surface area contributed by atoms with Crippen LogP contribution in [0.4, 0.5) is 0 Å². The Morgan fingerprint density at radius 1 is 1.29 bits per heavy atom. The number of nitrogens with zero attached hydrogens (tertiary/aromatic N) is 2. The molecule has 1 fully saturated rings. The number of aryl methyl sites for hydroxylation is 1. The molecule has 0 spiro atoms. The summed E-state index contributed by atoms with van der Waals surface area (Å²) in [5, 5.41) is 4.68. The van der Waals surface area contributed by atoms with E-state index in [1.54, 1.807) is 10.9 Å². The maximum atomic E-state index is 13.3. The molecule has 0 amide bonds. The third kappa shape index (κ3) is 2.30. The molecule has 0 atom stereocenters. The lowest BCUT2D eigenvalue weighted by Crippen LogP contribution is -2.34. The first-order valence-corrected chi connectivity index (χ1v) is 7.88. The van der Waals surface area contributed by atoms with E-state index < -0.39 is 5.41 Å². The van der Waals surface area contributed by atoms with Gasteiger partial charge in [-0.05, 0) is 25.3 Å². The molecule has 1 aromatic heterocycles. The van der Waals surface area contributed by atoms with E-state index in [9.17, 15) is 4.79 Å². The maximum absolute atomic E-state index is 13.3. The summed E-state index contributed by atoms with van der Waals surface area (Å²) in [5.74, 6) is 0.121. The van der Waals surface area contributed by atoms with Gasteiger partial charge in [-0.3, -0.25) is 9.48 Å². The molecule has 1 aliphatic rings. The summed E-state index contributed by atoms with van der Waals surface area (Å²) >= 11 is 6.24. The Kier molecular flexibility index (Phi) is 3.85. The zero-order valence-electron chi connectivity index (χ0n) is 12.2. The number of rotatable bonds is 4. The van der Waals surface area contributed by atoms with Gasteiger partial charge in [-0.1, -0.05) is 54.8 Å². The second kappa shape index (κ2) is 5.64. The third-order valence-electron chi connectivity index (χ3n) is 4.53. The van der Waals surface area contributed by atoms with Gasteiger partial charge in [-0.15, -0.1) is 0 Å². The van der Waals surface area contributed by atoms with E-state index in [0.717, 1.165) is 31.2 Å². The number of Topliss-reactive ketones (excluding diaryl/α,β-unsaturated/α-hetero) is 1. The van der Waals surface area contributed by atoms with E-state index in [0.29, 0.717) is 17.3 Å². The van der Waals surface area contributed by atoms with Crippen molar-refractivity contribution in [2.24, 2.45) is 0 Å². The largest absolute Gasteiger partial charge is 0.291 e. The number of benzene rings is 1. The van der Waals surface area contributed by atoms with Crippen molar-refractivity contribution in [3.8, 4) is 0 Å². The molecular weight excluding hydrogens is 284 g/mol. The Morgan fingerprint density at radius 3 is 2.57 bits per heavy atom. The predicted molar refractivity (Wildman–Crippen MR) is 83.8 cm³/mol. The molecule has 4 heteroatoms. The van der Waals surface area contributed by atoms with E-state index in [1.165, 1.54) is 0 Å². The normalized spacial score (nSPS) is 17.0. The van der Waals surface area contributed by atoms with Crippen LogP contribution < -0.4 is 0 Å². The number of carbonyl (C=O) groups excluding carboxylic acids is 1. The van der Waals surface area contributed by atoms with E-state index in [4.69, 9.17) is 11.6 Å². The first kappa shape index (κ1) is 14.3. The van der Waals surface area contributed by atoms with Crippen LogP contribution in [0.3, 0.4) is 0 Å². The summed E-state index contributed by atoms with van der Waals surface area (Å²) in [6, 6.07) is 10.1. The zero-order chi connectivity index (χ0) is 14.9. The Bertz CT molecular complexity index is 642. The molecule has 110 valence electrons. The van der Waals surface area contributed by atoms with E-state index in [-0.39, 0.29) is 5.78 Å². The highest BCUT2D eigenvalue weighted by Gasteiger charge is 2.44. The molecule has 0 bridgehead atoms. The van der Waals surface area contributed by atoms with Crippen LogP contribution in [0.25, 0.3) is 0 Å². The first-order valence-electron chi connectivity index (χ1n) is 7.50. The zero-order valence-corrected chi connectivity index (χ0v) is 12.9. The average Bonchev–Trinajstić information content (AvgIpc) is 3.15. The minimum Gasteiger partial charge on any atom is -0.291 e. The topological polar surface area (TPSA) is 34.9 Å². The molecule has 0 radical (unpaired) electrons. The third-order valence-corrected chi connectivity index (χ3v) is 4.80. The van der Waals surface area contributed by atoms with Gasteiger partial charge in [-0.25, -0.2) is 0 Å². The van der Waals surface area contributed by atoms with E-state index in [1.807, 2.05) is 25.1 Å². The summed E-state index contributed by atoms with van der Waals surface area (Å²) in [6.07, 6.45) is 5.52. The van der Waals surface area contributed by atoms with E-state index in [2.05, 4.69) is 17.2 Å². The second-order valence-corrected chi connectivity index (χ2v) is 6.05. The Morgan fingerprint density at radius 2 is 1.95 bits per heavy atom. The van der Waals surface area contributed by atoms with Crippen molar-refractivity contribution in [1.29, 1.82) is 0 Å². The van der Waals surface area contributed by atoms with Crippen LogP contribution in [0.5, 0.6) is 0 Å². The minimum atomic E-state index is -0.433. The van der Waals surface area contributed by atoms with Crippen LogP contribution in [0.15, 0.2) is 36.5 Å². The van der Waals surface area contributed by atoms with Crippen LogP contribution >= 0.6 is 11.6 Å². The van der Waals surface area contributed by atoms with Gasteiger partial charge < -0.3 is 0 Å². The van der Waals surface area contributed by atoms with Crippen LogP contribution in [-0.2, 0) is 12.0 Å². The maximum Gasteiger partial charge on any atom is 0.192 e. The van der Waals surface area contributed by atoms with Gasteiger partial charge in [0, 0.05) is 6.54 Å². The summed E-state index contributed by atoms with van der Waals surface area (Å²) in [6.45, 7) is 2.63. The lowest BCUT2D eigenvalue weighted by molar-refractivity contribution is 0.0875. The van der Waals surface area contributed by atoms with Crippen molar-refractivity contribution in [1.82, 2.24) is 9.78 Å². The molecule has 21 heavy (non-hydrogen) atoms. The van der Waals surface area contributed by atoms with Gasteiger partial charge >= 0.3 is 0 Å². The van der Waals surface area contributed by atoms with Crippen molar-refractivity contribution >= 4 is 17.4 Å². The average molecular weight is 303 g/mol. The minimum absolute atomic E-state index is 0.121. The smallest absolute Gasteiger partial charge is 0.192 e. The monoisotopic (exact) mass is 302 g/mol. The van der Waals surface area contributed by atoms with Crippen LogP contribution in [0.2, 0.25) is 5.02 Å². The van der Waals surface area contributed by atoms with Gasteiger partial charge in [0.1, 0.15) is 5.69 Å². The molecule has 1 aromatic carbocycles. The number of hydrogen-bond acceptors (Lipinski definition) is 2. The van der Waals surface area contributed by atoms with Crippen molar-refractivity contribution in [3.05, 3.63) is 52.8 Å². The number of aromatic nitrogens is 2. The summed E-state index contributed by atoms with van der Waals surface area (Å²) in [4.78, 5) is 13.3. The van der Waals surface area contributed by atoms with Gasteiger partial charge in [0.15, 0.2) is 5.78 Å². The highest BCUT2D eigenvalue weighted by atomic mass is 35.5. The van der Waals surface area contributed by atoms with Crippen LogP contribution in [0.1, 0.15) is 48.7 Å². The molecule has 1 heterocycles. The molecule has 3 nitrogen and oxygen atoms in total. The fourth-order valence-corrected chi connectivity index (χ4v) is 3.66. The van der Waals surface area contributed by atoms with Crippen molar-refractivity contribution in [2.75, 3.05) is 0 Å². The standard InChI is InChI=1S/C17H19ClN2O/c1-2-20-15(14(18)12-19-20)16(21)17(10-6-7-11-17)13-8-4-3-5-9-13/h3-5,8-9,12H,2,6-7,10-11H2,1H3. The first-order chi connectivity index (χ1) is 10.2. The molecule has 2 aromatic rings. The molecular formula is C17H19ClN2O. The Labute approximate surface area is 129 Å². The Balaban J connectivity index is 2.10. The van der Waals surface area contributed by atoms with Crippen LogP contribution in [0, 0.1) is 0 Å². The van der Waals surface area contributed by atoms with Crippen LogP contribution in [-0.4, -0.2) is 15.6 Å². The lowest BCUT2D eigenvalue weighted by atomic mass is 9.74. The van der Waals surface area contributed by atoms with Crippen molar-refractivity contribution in [2.45, 2.75) is 44.6 Å². The molecule has 0 unspecified atom stereocenters. The van der Waals surface area contributed by atoms with Crippen molar-refractivity contribution < 1.29 is 4.79 Å². The highest BCUT2D eigenvalue weighted by Crippen LogP contribution is 2.44. The number of ketones is 1. The Hall–Kier alpha value is -1.61. The molecule has 1 saturated carbocycles. The summed E-state index contributed by atoms with van der Waals surface area (Å²) in [7, 11) is 0. The molecule has 0 saturated heterocycles. The lowest BCUT2D eigenvalue weighted by Gasteiger charge is -2.28. The second-order valence-electron chi connectivity index (χ2n) is 5.64. The number of hydrogen-bond donors (Lipinski definition) is 0. The van der Waals surface area contributed by atoms with Gasteiger partial charge in [0.05, 0.1) is 16.6 Å². The number of carbonyl (C=O) groups is 1. The summed E-state index contributed by atoms with van der Waals surface area (Å²) in [5.41, 5.74) is 1.23. The fraction of sp³-hybridized carbons (Fsp3) is 0.412. The molecule has 0 N–H and O–H groups in total. The molecule has 3 rings (SSSR count). The highest BCUT2D eigenvalue weighted by molar-refractivity contribution is 6.34. The predicted octanol–water partition coefficient (Wildman–Crippen LogP) is 4.25. The van der Waals surface area contributed by atoms with Gasteiger partial charge in [0.2, 0.25) is 0 Å². The fourth-order valence-electron chi connectivity index (χ4n) is 3.44. The van der Waals surface area contributed by atoms with E-state index >= 15 is 0 Å². The molecule has 1 aliphatic carbocycles. The van der Waals surface area contributed by atoms with Gasteiger partial charge in [-0.2, -0.15) is 5.10 Å². The quantitative estimate of drug-likeness (QED) is 0.791. The SMILES string of the molecule is CCn1ncc(Cl)c1C(=O)C1(c2ccccc2)CCCC1. The van der Waals surface area contributed by atoms with Gasteiger partial charge in [0.25, 0.3) is 0 Å².